The van der Waals surface area contributed by atoms with E-state index in [0.29, 0.717) is 6.54 Å². The monoisotopic (exact) mass is 272 g/mol. The highest BCUT2D eigenvalue weighted by Gasteiger charge is 2.38. The molecule has 106 valence electrons. The second-order valence-electron chi connectivity index (χ2n) is 5.62. The SMILES string of the molecule is CCCNCc1noc2c1C(C)(C)Oc1ccccc1-2. The van der Waals surface area contributed by atoms with Crippen molar-refractivity contribution in [2.24, 2.45) is 0 Å². The van der Waals surface area contributed by atoms with Crippen molar-refractivity contribution in [3.05, 3.63) is 35.5 Å². The lowest BCUT2D eigenvalue weighted by Crippen LogP contribution is -2.30. The second kappa shape index (κ2) is 4.94. The van der Waals surface area contributed by atoms with Crippen molar-refractivity contribution in [3.63, 3.8) is 0 Å². The van der Waals surface area contributed by atoms with Crippen LogP contribution < -0.4 is 10.1 Å². The molecule has 0 aliphatic carbocycles. The van der Waals surface area contributed by atoms with Gasteiger partial charge in [-0.15, -0.1) is 0 Å². The van der Waals surface area contributed by atoms with Gasteiger partial charge in [0.05, 0.1) is 11.1 Å². The third kappa shape index (κ3) is 2.10. The number of ether oxygens (including phenoxy) is 1. The zero-order chi connectivity index (χ0) is 14.2. The molecule has 2 heterocycles. The minimum atomic E-state index is -0.424. The average Bonchev–Trinajstić information content (AvgIpc) is 2.84. The molecule has 0 saturated heterocycles. The van der Waals surface area contributed by atoms with Crippen molar-refractivity contribution in [3.8, 4) is 17.1 Å². The smallest absolute Gasteiger partial charge is 0.178 e. The molecule has 4 nitrogen and oxygen atoms in total. The van der Waals surface area contributed by atoms with Crippen LogP contribution in [0.5, 0.6) is 5.75 Å². The fraction of sp³-hybridized carbons (Fsp3) is 0.438. The minimum absolute atomic E-state index is 0.424. The summed E-state index contributed by atoms with van der Waals surface area (Å²) < 4.78 is 11.7. The molecule has 0 saturated carbocycles. The number of rotatable bonds is 4. The van der Waals surface area contributed by atoms with Gasteiger partial charge in [-0.05, 0) is 38.9 Å². The minimum Gasteiger partial charge on any atom is -0.482 e. The van der Waals surface area contributed by atoms with Crippen molar-refractivity contribution in [2.45, 2.75) is 39.3 Å². The van der Waals surface area contributed by atoms with E-state index in [1.54, 1.807) is 0 Å². The molecular formula is C16H20N2O2. The molecular weight excluding hydrogens is 252 g/mol. The van der Waals surface area contributed by atoms with Gasteiger partial charge in [-0.3, -0.25) is 0 Å². The predicted octanol–water partition coefficient (Wildman–Crippen LogP) is 3.47. The van der Waals surface area contributed by atoms with Gasteiger partial charge in [-0.1, -0.05) is 24.2 Å². The Hall–Kier alpha value is -1.81. The molecule has 0 unspecified atom stereocenters. The maximum Gasteiger partial charge on any atom is 0.178 e. The first-order valence-corrected chi connectivity index (χ1v) is 7.11. The summed E-state index contributed by atoms with van der Waals surface area (Å²) in [5.74, 6) is 1.69. The number of hydrogen-bond acceptors (Lipinski definition) is 4. The van der Waals surface area contributed by atoms with E-state index >= 15 is 0 Å². The standard InChI is InChI=1S/C16H20N2O2/c1-4-9-17-10-12-14-15(20-18-12)11-7-5-6-8-13(11)19-16(14,2)3/h5-8,17H,4,9-10H2,1-3H3. The molecule has 0 bridgehead atoms. The summed E-state index contributed by atoms with van der Waals surface area (Å²) in [5.41, 5.74) is 2.55. The molecule has 0 radical (unpaired) electrons. The molecule has 1 aromatic carbocycles. The van der Waals surface area contributed by atoms with E-state index in [9.17, 15) is 0 Å². The van der Waals surface area contributed by atoms with E-state index in [1.165, 1.54) is 0 Å². The molecule has 2 aromatic rings. The average molecular weight is 272 g/mol. The van der Waals surface area contributed by atoms with Gasteiger partial charge in [0.15, 0.2) is 5.76 Å². The maximum atomic E-state index is 6.12. The summed E-state index contributed by atoms with van der Waals surface area (Å²) in [6.07, 6.45) is 1.10. The first-order chi connectivity index (χ1) is 9.63. The van der Waals surface area contributed by atoms with Gasteiger partial charge >= 0.3 is 0 Å². The number of benzene rings is 1. The largest absolute Gasteiger partial charge is 0.482 e. The van der Waals surface area contributed by atoms with Crippen LogP contribution in [0.1, 0.15) is 38.4 Å². The van der Waals surface area contributed by atoms with Crippen LogP contribution in [0.4, 0.5) is 0 Å². The van der Waals surface area contributed by atoms with Gasteiger partial charge < -0.3 is 14.6 Å². The first-order valence-electron chi connectivity index (χ1n) is 7.11. The normalized spacial score (nSPS) is 15.3. The lowest BCUT2D eigenvalue weighted by Gasteiger charge is -2.32. The summed E-state index contributed by atoms with van der Waals surface area (Å²) in [6, 6.07) is 7.94. The quantitative estimate of drug-likeness (QED) is 0.866. The third-order valence-corrected chi connectivity index (χ3v) is 3.58. The van der Waals surface area contributed by atoms with Gasteiger partial charge in [0.1, 0.15) is 17.0 Å². The molecule has 0 spiro atoms. The van der Waals surface area contributed by atoms with Crippen molar-refractivity contribution >= 4 is 0 Å². The van der Waals surface area contributed by atoms with Crippen molar-refractivity contribution in [1.29, 1.82) is 0 Å². The number of hydrogen-bond donors (Lipinski definition) is 1. The van der Waals surface area contributed by atoms with Gasteiger partial charge in [0.25, 0.3) is 0 Å². The van der Waals surface area contributed by atoms with Gasteiger partial charge in [-0.2, -0.15) is 0 Å². The van der Waals surface area contributed by atoms with Gasteiger partial charge in [0, 0.05) is 6.54 Å². The number of para-hydroxylation sites is 1. The summed E-state index contributed by atoms with van der Waals surface area (Å²) in [4.78, 5) is 0. The van der Waals surface area contributed by atoms with Gasteiger partial charge in [0.2, 0.25) is 0 Å². The third-order valence-electron chi connectivity index (χ3n) is 3.58. The molecule has 0 amide bonds. The highest BCUT2D eigenvalue weighted by molar-refractivity contribution is 5.72. The number of nitrogens with one attached hydrogen (secondary N) is 1. The highest BCUT2D eigenvalue weighted by atomic mass is 16.5. The summed E-state index contributed by atoms with van der Waals surface area (Å²) in [5, 5.41) is 7.62. The molecule has 0 atom stereocenters. The first kappa shape index (κ1) is 13.2. The predicted molar refractivity (Wildman–Crippen MR) is 77.6 cm³/mol. The molecule has 1 aromatic heterocycles. The molecule has 3 rings (SSSR count). The molecule has 4 heteroatoms. The van der Waals surface area contributed by atoms with Crippen LogP contribution in [0, 0.1) is 0 Å². The van der Waals surface area contributed by atoms with Crippen molar-refractivity contribution in [1.82, 2.24) is 10.5 Å². The summed E-state index contributed by atoms with van der Waals surface area (Å²) in [6.45, 7) is 7.94. The Morgan fingerprint density at radius 2 is 2.05 bits per heavy atom. The van der Waals surface area contributed by atoms with Gasteiger partial charge in [-0.25, -0.2) is 0 Å². The van der Waals surface area contributed by atoms with E-state index in [0.717, 1.165) is 41.3 Å². The Morgan fingerprint density at radius 3 is 2.85 bits per heavy atom. The topological polar surface area (TPSA) is 47.3 Å². The molecule has 1 aliphatic heterocycles. The highest BCUT2D eigenvalue weighted by Crippen LogP contribution is 2.46. The number of aromatic nitrogens is 1. The van der Waals surface area contributed by atoms with Crippen LogP contribution in [0.25, 0.3) is 11.3 Å². The van der Waals surface area contributed by atoms with Crippen molar-refractivity contribution < 1.29 is 9.26 Å². The molecule has 1 N–H and O–H groups in total. The Morgan fingerprint density at radius 1 is 1.25 bits per heavy atom. The van der Waals surface area contributed by atoms with E-state index in [1.807, 2.05) is 24.3 Å². The van der Waals surface area contributed by atoms with Crippen LogP contribution in [0.2, 0.25) is 0 Å². The molecule has 1 aliphatic rings. The Bertz CT molecular complexity index is 617. The fourth-order valence-corrected chi connectivity index (χ4v) is 2.70. The Labute approximate surface area is 119 Å². The zero-order valence-corrected chi connectivity index (χ0v) is 12.2. The number of fused-ring (bicyclic) bond motifs is 3. The van der Waals surface area contributed by atoms with E-state index in [-0.39, 0.29) is 0 Å². The maximum absolute atomic E-state index is 6.12. The zero-order valence-electron chi connectivity index (χ0n) is 12.2. The lowest BCUT2D eigenvalue weighted by atomic mass is 9.90. The summed E-state index contributed by atoms with van der Waals surface area (Å²) in [7, 11) is 0. The Kier molecular flexibility index (Phi) is 3.26. The lowest BCUT2D eigenvalue weighted by molar-refractivity contribution is 0.103. The van der Waals surface area contributed by atoms with E-state index in [2.05, 4.69) is 31.2 Å². The Balaban J connectivity index is 2.03. The van der Waals surface area contributed by atoms with Crippen LogP contribution in [0.3, 0.4) is 0 Å². The molecule has 0 fully saturated rings. The van der Waals surface area contributed by atoms with Crippen LogP contribution in [0.15, 0.2) is 28.8 Å². The van der Waals surface area contributed by atoms with Crippen LogP contribution in [-0.2, 0) is 12.1 Å². The second-order valence-corrected chi connectivity index (χ2v) is 5.62. The molecule has 20 heavy (non-hydrogen) atoms. The van der Waals surface area contributed by atoms with E-state index in [4.69, 9.17) is 9.26 Å². The van der Waals surface area contributed by atoms with Crippen molar-refractivity contribution in [2.75, 3.05) is 6.54 Å². The van der Waals surface area contributed by atoms with Crippen LogP contribution in [-0.4, -0.2) is 11.7 Å². The van der Waals surface area contributed by atoms with Crippen LogP contribution >= 0.6 is 0 Å². The number of nitrogens with zero attached hydrogens (tertiary/aromatic N) is 1. The summed E-state index contributed by atoms with van der Waals surface area (Å²) >= 11 is 0. The van der Waals surface area contributed by atoms with E-state index < -0.39 is 5.60 Å². The fourth-order valence-electron chi connectivity index (χ4n) is 2.70.